The number of nitrogens with one attached hydrogen (secondary N) is 1. The van der Waals surface area contributed by atoms with Crippen molar-refractivity contribution in [3.8, 4) is 10.6 Å². The van der Waals surface area contributed by atoms with E-state index in [9.17, 15) is 23.9 Å². The Kier molecular flexibility index (Phi) is 7.42. The molecule has 7 nitrogen and oxygen atoms in total. The van der Waals surface area contributed by atoms with E-state index in [4.69, 9.17) is 5.73 Å². The molecule has 1 aromatic carbocycles. The molecule has 4 N–H and O–H groups in total. The van der Waals surface area contributed by atoms with E-state index in [0.29, 0.717) is 17.1 Å². The first-order valence-corrected chi connectivity index (χ1v) is 9.21. The molecular weight excluding hydrogens is 373 g/mol. The fourth-order valence-electron chi connectivity index (χ4n) is 2.54. The summed E-state index contributed by atoms with van der Waals surface area (Å²) in [5.41, 5.74) is 6.26. The molecule has 0 aliphatic heterocycles. The summed E-state index contributed by atoms with van der Waals surface area (Å²) in [4.78, 5) is 38.5. The molecule has 2 amide bonds. The van der Waals surface area contributed by atoms with Crippen LogP contribution in [0.4, 0.5) is 9.18 Å². The van der Waals surface area contributed by atoms with Crippen molar-refractivity contribution < 1.29 is 23.9 Å². The second-order valence-corrected chi connectivity index (χ2v) is 6.90. The van der Waals surface area contributed by atoms with Crippen LogP contribution >= 0.6 is 11.3 Å². The fourth-order valence-corrected chi connectivity index (χ4v) is 3.36. The average molecular weight is 393 g/mol. The predicted octanol–water partition coefficient (Wildman–Crippen LogP) is 2.60. The molecule has 0 unspecified atom stereocenters. The number of thiazole rings is 1. The molecule has 0 aliphatic carbocycles. The molecule has 0 fully saturated rings. The number of carbonyl (C=O) groups excluding carboxylic acids is 2. The molecular formula is C18H20FN3O4S. The molecule has 0 radical (unpaired) electrons. The number of hydrogen-bond acceptors (Lipinski definition) is 5. The third kappa shape index (κ3) is 6.78. The molecule has 0 spiro atoms. The number of nitrogens with zero attached hydrogens (tertiary/aromatic N) is 1. The third-order valence-electron chi connectivity index (χ3n) is 3.87. The van der Waals surface area contributed by atoms with Gasteiger partial charge in [0.05, 0.1) is 11.6 Å². The Morgan fingerprint density at radius 2 is 1.96 bits per heavy atom. The maximum absolute atomic E-state index is 13.0. The number of Topliss-reactive ketones (excluding diaryl/α,β-unsaturated/α-hetero) is 1. The van der Waals surface area contributed by atoms with Crippen molar-refractivity contribution >= 4 is 29.1 Å². The molecule has 0 saturated heterocycles. The molecule has 9 heteroatoms. The lowest BCUT2D eigenvalue weighted by atomic mass is 9.95. The van der Waals surface area contributed by atoms with E-state index in [1.807, 2.05) is 0 Å². The maximum Gasteiger partial charge on any atom is 0.312 e. The highest BCUT2D eigenvalue weighted by Gasteiger charge is 2.21. The minimum atomic E-state index is -1.05. The number of aliphatic carboxylic acids is 1. The molecule has 2 aromatic rings. The number of carboxylic acid groups (broad SMARTS) is 1. The standard InChI is InChI=1S/C18H20FN3O4S/c19-13-5-3-11(4-6-13)16-22-14(10-27-16)9-15(23)8-12(17(24)25)2-1-7-21-18(20)26/h3-6,10,12H,1-2,7-9H2,(H,24,25)(H3,20,21,26)/t12-/m0/s1. The van der Waals surface area contributed by atoms with Gasteiger partial charge < -0.3 is 16.2 Å². The number of primary amides is 1. The number of halogens is 1. The van der Waals surface area contributed by atoms with Crippen LogP contribution in [0.15, 0.2) is 29.6 Å². The Hall–Kier alpha value is -2.81. The summed E-state index contributed by atoms with van der Waals surface area (Å²) in [6.07, 6.45) is 0.619. The summed E-state index contributed by atoms with van der Waals surface area (Å²) in [6.45, 7) is 0.264. The summed E-state index contributed by atoms with van der Waals surface area (Å²) in [5.74, 6) is -2.42. The van der Waals surface area contributed by atoms with Crippen LogP contribution in [0.3, 0.4) is 0 Å². The van der Waals surface area contributed by atoms with Crippen molar-refractivity contribution in [1.29, 1.82) is 0 Å². The van der Waals surface area contributed by atoms with Gasteiger partial charge in [0, 0.05) is 30.3 Å². The van der Waals surface area contributed by atoms with Crippen molar-refractivity contribution in [2.24, 2.45) is 11.7 Å². The summed E-state index contributed by atoms with van der Waals surface area (Å²) in [7, 11) is 0. The Bertz CT molecular complexity index is 807. The van der Waals surface area contributed by atoms with Gasteiger partial charge in [-0.1, -0.05) is 0 Å². The van der Waals surface area contributed by atoms with E-state index < -0.39 is 17.9 Å². The zero-order chi connectivity index (χ0) is 19.8. The molecule has 0 aliphatic rings. The molecule has 0 bridgehead atoms. The highest BCUT2D eigenvalue weighted by Crippen LogP contribution is 2.24. The largest absolute Gasteiger partial charge is 0.481 e. The van der Waals surface area contributed by atoms with Gasteiger partial charge in [0.15, 0.2) is 0 Å². The first kappa shape index (κ1) is 20.5. The molecule has 27 heavy (non-hydrogen) atoms. The minimum Gasteiger partial charge on any atom is -0.481 e. The first-order valence-electron chi connectivity index (χ1n) is 8.33. The van der Waals surface area contributed by atoms with E-state index in [0.717, 1.165) is 5.56 Å². The van der Waals surface area contributed by atoms with Gasteiger partial charge in [-0.05, 0) is 37.1 Å². The predicted molar refractivity (Wildman–Crippen MR) is 98.8 cm³/mol. The van der Waals surface area contributed by atoms with E-state index in [1.54, 1.807) is 17.5 Å². The SMILES string of the molecule is NC(=O)NCCC[C@@H](CC(=O)Cc1csc(-c2ccc(F)cc2)n1)C(=O)O. The molecule has 2 rings (SSSR count). The number of nitrogens with two attached hydrogens (primary N) is 1. The minimum absolute atomic E-state index is 0.0427. The topological polar surface area (TPSA) is 122 Å². The first-order chi connectivity index (χ1) is 12.8. The number of urea groups is 1. The van der Waals surface area contributed by atoms with Crippen molar-refractivity contribution in [2.75, 3.05) is 6.54 Å². The lowest BCUT2D eigenvalue weighted by Crippen LogP contribution is -2.30. The quantitative estimate of drug-likeness (QED) is 0.536. The van der Waals surface area contributed by atoms with Gasteiger partial charge in [0.1, 0.15) is 16.6 Å². The Balaban J connectivity index is 1.88. The Labute approximate surface area is 159 Å². The summed E-state index contributed by atoms with van der Waals surface area (Å²) >= 11 is 1.34. The smallest absolute Gasteiger partial charge is 0.312 e. The lowest BCUT2D eigenvalue weighted by molar-refractivity contribution is -0.144. The zero-order valence-corrected chi connectivity index (χ0v) is 15.3. The van der Waals surface area contributed by atoms with Crippen LogP contribution < -0.4 is 11.1 Å². The van der Waals surface area contributed by atoms with Crippen molar-refractivity contribution in [2.45, 2.75) is 25.7 Å². The normalized spacial score (nSPS) is 11.7. The molecule has 144 valence electrons. The van der Waals surface area contributed by atoms with Crippen molar-refractivity contribution in [3.05, 3.63) is 41.2 Å². The van der Waals surface area contributed by atoms with Gasteiger partial charge >= 0.3 is 12.0 Å². The molecule has 1 aromatic heterocycles. The number of hydrogen-bond donors (Lipinski definition) is 3. The van der Waals surface area contributed by atoms with Gasteiger partial charge in [0.25, 0.3) is 0 Å². The van der Waals surface area contributed by atoms with Crippen LogP contribution in [0.1, 0.15) is 25.0 Å². The van der Waals surface area contributed by atoms with E-state index in [1.165, 1.54) is 23.5 Å². The van der Waals surface area contributed by atoms with Crippen LogP contribution in [0.2, 0.25) is 0 Å². The molecule has 1 heterocycles. The fraction of sp³-hybridized carbons (Fsp3) is 0.333. The van der Waals surface area contributed by atoms with Crippen LogP contribution in [0, 0.1) is 11.7 Å². The number of carboxylic acids is 1. The second-order valence-electron chi connectivity index (χ2n) is 6.04. The number of carbonyl (C=O) groups is 3. The van der Waals surface area contributed by atoms with Crippen molar-refractivity contribution in [3.63, 3.8) is 0 Å². The van der Waals surface area contributed by atoms with Gasteiger partial charge in [0.2, 0.25) is 0 Å². The van der Waals surface area contributed by atoms with Crippen LogP contribution in [-0.2, 0) is 16.0 Å². The number of aromatic nitrogens is 1. The van der Waals surface area contributed by atoms with Gasteiger partial charge in [-0.15, -0.1) is 11.3 Å². The summed E-state index contributed by atoms with van der Waals surface area (Å²) < 4.78 is 13.0. The van der Waals surface area contributed by atoms with Gasteiger partial charge in [-0.2, -0.15) is 0 Å². The highest BCUT2D eigenvalue weighted by atomic mass is 32.1. The second kappa shape index (κ2) is 9.77. The average Bonchev–Trinajstić information content (AvgIpc) is 3.06. The van der Waals surface area contributed by atoms with Crippen LogP contribution in [0.5, 0.6) is 0 Å². The number of rotatable bonds is 10. The van der Waals surface area contributed by atoms with E-state index in [2.05, 4.69) is 10.3 Å². The molecule has 0 saturated carbocycles. The summed E-state index contributed by atoms with van der Waals surface area (Å²) in [6, 6.07) is 5.23. The van der Waals surface area contributed by atoms with E-state index in [-0.39, 0.29) is 37.4 Å². The maximum atomic E-state index is 13.0. The number of ketones is 1. The third-order valence-corrected chi connectivity index (χ3v) is 4.81. The van der Waals surface area contributed by atoms with Gasteiger partial charge in [-0.3, -0.25) is 9.59 Å². The van der Waals surface area contributed by atoms with Gasteiger partial charge in [-0.25, -0.2) is 14.2 Å². The zero-order valence-electron chi connectivity index (χ0n) is 14.5. The van der Waals surface area contributed by atoms with Crippen LogP contribution in [-0.4, -0.2) is 34.4 Å². The molecule has 1 atom stereocenters. The number of benzene rings is 1. The van der Waals surface area contributed by atoms with Crippen molar-refractivity contribution in [1.82, 2.24) is 10.3 Å². The monoisotopic (exact) mass is 393 g/mol. The Morgan fingerprint density at radius 1 is 1.26 bits per heavy atom. The van der Waals surface area contributed by atoms with E-state index >= 15 is 0 Å². The lowest BCUT2D eigenvalue weighted by Gasteiger charge is -2.11. The summed E-state index contributed by atoms with van der Waals surface area (Å²) in [5, 5.41) is 14.1. The van der Waals surface area contributed by atoms with Crippen LogP contribution in [0.25, 0.3) is 10.6 Å². The Morgan fingerprint density at radius 3 is 2.59 bits per heavy atom. The highest BCUT2D eigenvalue weighted by molar-refractivity contribution is 7.13. The number of amides is 2.